The zero-order valence-electron chi connectivity index (χ0n) is 15.6. The Morgan fingerprint density at radius 3 is 2.57 bits per heavy atom. The van der Waals surface area contributed by atoms with Crippen LogP contribution < -0.4 is 4.74 Å². The van der Waals surface area contributed by atoms with E-state index in [1.54, 1.807) is 23.4 Å². The van der Waals surface area contributed by atoms with Gasteiger partial charge in [0, 0.05) is 30.3 Å². The summed E-state index contributed by atoms with van der Waals surface area (Å²) in [6, 6.07) is 13.5. The molecule has 0 saturated carbocycles. The van der Waals surface area contributed by atoms with Gasteiger partial charge in [-0.25, -0.2) is 9.78 Å². The number of amides is 1. The van der Waals surface area contributed by atoms with Crippen molar-refractivity contribution >= 4 is 18.5 Å². The number of halogens is 1. The molecule has 0 radical (unpaired) electrons. The number of ether oxygens (including phenoxy) is 1. The van der Waals surface area contributed by atoms with Crippen molar-refractivity contribution in [3.05, 3.63) is 66.5 Å². The predicted molar refractivity (Wildman–Crippen MR) is 108 cm³/mol. The lowest BCUT2D eigenvalue weighted by atomic mass is 9.97. The van der Waals surface area contributed by atoms with Crippen molar-refractivity contribution in [1.82, 2.24) is 14.9 Å². The fourth-order valence-corrected chi connectivity index (χ4v) is 3.21. The third-order valence-corrected chi connectivity index (χ3v) is 4.78. The second kappa shape index (κ2) is 8.89. The van der Waals surface area contributed by atoms with Crippen LogP contribution in [-0.4, -0.2) is 34.1 Å². The standard InChI is InChI=1S/C21H21N3O3.ClH/c1-15-7-8-18(13-22-15)27-21(25)24-11-9-17(10-12-24)20-23-19(14-26-20)16-5-3-2-4-6-16;/h2-8,13-14,17H,9-12H2,1H3;1H. The Labute approximate surface area is 170 Å². The molecule has 0 spiro atoms. The Morgan fingerprint density at radius 1 is 1.14 bits per heavy atom. The van der Waals surface area contributed by atoms with Crippen molar-refractivity contribution in [1.29, 1.82) is 0 Å². The Morgan fingerprint density at radius 2 is 1.89 bits per heavy atom. The molecule has 0 unspecified atom stereocenters. The van der Waals surface area contributed by atoms with E-state index in [2.05, 4.69) is 9.97 Å². The number of aryl methyl sites for hydroxylation is 1. The van der Waals surface area contributed by atoms with Crippen LogP contribution in [0.4, 0.5) is 4.79 Å². The van der Waals surface area contributed by atoms with Crippen LogP contribution in [0.2, 0.25) is 0 Å². The molecule has 1 fully saturated rings. The van der Waals surface area contributed by atoms with Crippen LogP contribution in [0, 0.1) is 6.92 Å². The number of rotatable bonds is 3. The molecular weight excluding hydrogens is 378 g/mol. The number of hydrogen-bond acceptors (Lipinski definition) is 5. The second-order valence-electron chi connectivity index (χ2n) is 6.70. The zero-order chi connectivity index (χ0) is 18.6. The van der Waals surface area contributed by atoms with Crippen LogP contribution in [-0.2, 0) is 0 Å². The summed E-state index contributed by atoms with van der Waals surface area (Å²) >= 11 is 0. The van der Waals surface area contributed by atoms with E-state index in [1.807, 2.05) is 43.3 Å². The molecule has 3 heterocycles. The van der Waals surface area contributed by atoms with Gasteiger partial charge >= 0.3 is 6.09 Å². The van der Waals surface area contributed by atoms with Gasteiger partial charge in [0.15, 0.2) is 11.6 Å². The van der Waals surface area contributed by atoms with E-state index in [0.29, 0.717) is 18.8 Å². The molecule has 2 aromatic heterocycles. The van der Waals surface area contributed by atoms with Crippen molar-refractivity contribution in [2.24, 2.45) is 0 Å². The van der Waals surface area contributed by atoms with E-state index in [1.165, 1.54) is 0 Å². The molecule has 0 atom stereocenters. The van der Waals surface area contributed by atoms with Crippen molar-refractivity contribution in [3.8, 4) is 17.0 Å². The number of carbonyl (C=O) groups excluding carboxylic acids is 1. The van der Waals surface area contributed by atoms with E-state index in [4.69, 9.17) is 9.15 Å². The summed E-state index contributed by atoms with van der Waals surface area (Å²) < 4.78 is 11.1. The number of piperidine rings is 1. The van der Waals surface area contributed by atoms with E-state index in [0.717, 1.165) is 35.7 Å². The van der Waals surface area contributed by atoms with Gasteiger partial charge in [-0.3, -0.25) is 4.98 Å². The lowest BCUT2D eigenvalue weighted by Gasteiger charge is -2.29. The smallest absolute Gasteiger partial charge is 0.415 e. The highest BCUT2D eigenvalue weighted by atomic mass is 35.5. The van der Waals surface area contributed by atoms with Gasteiger partial charge < -0.3 is 14.1 Å². The summed E-state index contributed by atoms with van der Waals surface area (Å²) in [6.07, 6.45) is 4.54. The van der Waals surface area contributed by atoms with E-state index < -0.39 is 0 Å². The number of aromatic nitrogens is 2. The molecule has 1 aromatic carbocycles. The average Bonchev–Trinajstić information content (AvgIpc) is 3.21. The first-order valence-electron chi connectivity index (χ1n) is 9.09. The minimum absolute atomic E-state index is 0. The van der Waals surface area contributed by atoms with Crippen LogP contribution in [0.5, 0.6) is 5.75 Å². The first-order valence-corrected chi connectivity index (χ1v) is 9.09. The Bertz CT molecular complexity index is 904. The van der Waals surface area contributed by atoms with Crippen molar-refractivity contribution < 1.29 is 13.9 Å². The molecule has 28 heavy (non-hydrogen) atoms. The fraction of sp³-hybridized carbons (Fsp3) is 0.286. The van der Waals surface area contributed by atoms with Crippen molar-refractivity contribution in [3.63, 3.8) is 0 Å². The molecule has 1 aliphatic heterocycles. The van der Waals surface area contributed by atoms with E-state index in [-0.39, 0.29) is 24.4 Å². The Balaban J connectivity index is 0.00000225. The highest BCUT2D eigenvalue weighted by Gasteiger charge is 2.28. The zero-order valence-corrected chi connectivity index (χ0v) is 16.4. The molecular formula is C21H22ClN3O3. The minimum atomic E-state index is -0.337. The Kier molecular flexibility index (Phi) is 6.31. The molecule has 0 N–H and O–H groups in total. The SMILES string of the molecule is Cc1ccc(OC(=O)N2CCC(c3nc(-c4ccccc4)co3)CC2)cn1.Cl. The molecule has 146 valence electrons. The first kappa shape index (κ1) is 19.9. The van der Waals surface area contributed by atoms with Crippen LogP contribution in [0.15, 0.2) is 59.3 Å². The van der Waals surface area contributed by atoms with Gasteiger partial charge in [0.1, 0.15) is 12.0 Å². The van der Waals surface area contributed by atoms with Gasteiger partial charge in [-0.2, -0.15) is 0 Å². The van der Waals surface area contributed by atoms with Crippen LogP contribution in [0.1, 0.15) is 30.3 Å². The number of carbonyl (C=O) groups is 1. The maximum atomic E-state index is 12.3. The van der Waals surface area contributed by atoms with Gasteiger partial charge in [-0.15, -0.1) is 12.4 Å². The number of nitrogens with zero attached hydrogens (tertiary/aromatic N) is 3. The average molecular weight is 400 g/mol. The predicted octanol–water partition coefficient (Wildman–Crippen LogP) is 4.85. The molecule has 6 nitrogen and oxygen atoms in total. The molecule has 3 aromatic rings. The molecule has 7 heteroatoms. The van der Waals surface area contributed by atoms with E-state index in [9.17, 15) is 4.79 Å². The molecule has 1 aliphatic rings. The lowest BCUT2D eigenvalue weighted by molar-refractivity contribution is 0.136. The van der Waals surface area contributed by atoms with Gasteiger partial charge in [0.05, 0.1) is 6.20 Å². The summed E-state index contributed by atoms with van der Waals surface area (Å²) in [5.74, 6) is 1.42. The summed E-state index contributed by atoms with van der Waals surface area (Å²) in [5, 5.41) is 0. The lowest BCUT2D eigenvalue weighted by Crippen LogP contribution is -2.39. The van der Waals surface area contributed by atoms with Crippen molar-refractivity contribution in [2.45, 2.75) is 25.7 Å². The molecule has 1 saturated heterocycles. The normalized spacial score (nSPS) is 14.4. The fourth-order valence-electron chi connectivity index (χ4n) is 3.21. The topological polar surface area (TPSA) is 68.5 Å². The molecule has 1 amide bonds. The number of benzene rings is 1. The number of hydrogen-bond donors (Lipinski definition) is 0. The minimum Gasteiger partial charge on any atom is -0.448 e. The monoisotopic (exact) mass is 399 g/mol. The number of likely N-dealkylation sites (tertiary alicyclic amines) is 1. The number of oxazole rings is 1. The van der Waals surface area contributed by atoms with Crippen LogP contribution in [0.25, 0.3) is 11.3 Å². The van der Waals surface area contributed by atoms with Crippen LogP contribution >= 0.6 is 12.4 Å². The van der Waals surface area contributed by atoms with Crippen molar-refractivity contribution in [2.75, 3.05) is 13.1 Å². The highest BCUT2D eigenvalue weighted by Crippen LogP contribution is 2.30. The molecule has 0 aliphatic carbocycles. The number of pyridine rings is 1. The third kappa shape index (κ3) is 4.51. The van der Waals surface area contributed by atoms with Gasteiger partial charge in [-0.05, 0) is 31.9 Å². The van der Waals surface area contributed by atoms with Gasteiger partial charge in [0.25, 0.3) is 0 Å². The quantitative estimate of drug-likeness (QED) is 0.630. The highest BCUT2D eigenvalue weighted by molar-refractivity contribution is 5.85. The van der Waals surface area contributed by atoms with E-state index >= 15 is 0 Å². The summed E-state index contributed by atoms with van der Waals surface area (Å²) in [5.41, 5.74) is 2.77. The maximum absolute atomic E-state index is 12.3. The summed E-state index contributed by atoms with van der Waals surface area (Å²) in [4.78, 5) is 22.8. The van der Waals surface area contributed by atoms with Gasteiger partial charge in [-0.1, -0.05) is 30.3 Å². The summed E-state index contributed by atoms with van der Waals surface area (Å²) in [7, 11) is 0. The third-order valence-electron chi connectivity index (χ3n) is 4.78. The first-order chi connectivity index (χ1) is 13.2. The molecule has 0 bridgehead atoms. The molecule has 4 rings (SSSR count). The maximum Gasteiger partial charge on any atom is 0.415 e. The second-order valence-corrected chi connectivity index (χ2v) is 6.70. The van der Waals surface area contributed by atoms with Gasteiger partial charge in [0.2, 0.25) is 0 Å². The van der Waals surface area contributed by atoms with Crippen LogP contribution in [0.3, 0.4) is 0 Å². The summed E-state index contributed by atoms with van der Waals surface area (Å²) in [6.45, 7) is 3.12. The largest absolute Gasteiger partial charge is 0.448 e. The Hall–Kier alpha value is -2.86.